The van der Waals surface area contributed by atoms with Crippen molar-refractivity contribution in [1.29, 1.82) is 0 Å². The third-order valence-corrected chi connectivity index (χ3v) is 2.82. The molecule has 3 heteroatoms. The Bertz CT molecular complexity index is 490. The highest BCUT2D eigenvalue weighted by atomic mass is 16.1. The highest BCUT2D eigenvalue weighted by Crippen LogP contribution is 2.23. The van der Waals surface area contributed by atoms with E-state index >= 15 is 0 Å². The molecule has 0 radical (unpaired) electrons. The SMILES string of the molecule is C=CCN1C(c2ccccc2)=CC(=O)NC1C=C. The Hall–Kier alpha value is -2.29. The van der Waals surface area contributed by atoms with Crippen LogP contribution in [0.3, 0.4) is 0 Å². The molecule has 0 fully saturated rings. The lowest BCUT2D eigenvalue weighted by Gasteiger charge is -2.36. The molecule has 0 saturated heterocycles. The summed E-state index contributed by atoms with van der Waals surface area (Å²) in [6.07, 6.45) is 4.94. The number of nitrogens with zero attached hydrogens (tertiary/aromatic N) is 1. The fraction of sp³-hybridized carbons (Fsp3) is 0.133. The summed E-state index contributed by atoms with van der Waals surface area (Å²) in [6, 6.07) is 9.84. The van der Waals surface area contributed by atoms with Crippen molar-refractivity contribution in [2.45, 2.75) is 6.17 Å². The number of hydrogen-bond donors (Lipinski definition) is 1. The number of carbonyl (C=O) groups is 1. The molecule has 0 aliphatic carbocycles. The number of nitrogens with one attached hydrogen (secondary N) is 1. The van der Waals surface area contributed by atoms with Gasteiger partial charge >= 0.3 is 0 Å². The molecular weight excluding hydrogens is 224 g/mol. The average molecular weight is 240 g/mol. The minimum absolute atomic E-state index is 0.0981. The van der Waals surface area contributed by atoms with Crippen molar-refractivity contribution < 1.29 is 4.79 Å². The fourth-order valence-electron chi connectivity index (χ4n) is 2.02. The van der Waals surface area contributed by atoms with Crippen LogP contribution in [0.25, 0.3) is 5.70 Å². The van der Waals surface area contributed by atoms with Gasteiger partial charge in [-0.3, -0.25) is 4.79 Å². The van der Waals surface area contributed by atoms with Crippen LogP contribution >= 0.6 is 0 Å². The van der Waals surface area contributed by atoms with Gasteiger partial charge in [-0.25, -0.2) is 0 Å². The van der Waals surface area contributed by atoms with Gasteiger partial charge in [0.15, 0.2) is 0 Å². The minimum atomic E-state index is -0.198. The van der Waals surface area contributed by atoms with Crippen molar-refractivity contribution in [1.82, 2.24) is 10.2 Å². The minimum Gasteiger partial charge on any atom is -0.344 e. The zero-order valence-electron chi connectivity index (χ0n) is 10.2. The van der Waals surface area contributed by atoms with Crippen LogP contribution in [-0.4, -0.2) is 23.5 Å². The van der Waals surface area contributed by atoms with E-state index in [9.17, 15) is 4.79 Å². The number of amides is 1. The van der Waals surface area contributed by atoms with E-state index in [1.54, 1.807) is 12.2 Å². The van der Waals surface area contributed by atoms with Gasteiger partial charge in [0.25, 0.3) is 0 Å². The van der Waals surface area contributed by atoms with Gasteiger partial charge in [-0.15, -0.1) is 6.58 Å². The topological polar surface area (TPSA) is 32.3 Å². The van der Waals surface area contributed by atoms with Crippen LogP contribution < -0.4 is 5.32 Å². The number of hydrogen-bond acceptors (Lipinski definition) is 2. The zero-order chi connectivity index (χ0) is 13.0. The summed E-state index contributed by atoms with van der Waals surface area (Å²) >= 11 is 0. The summed E-state index contributed by atoms with van der Waals surface area (Å²) in [6.45, 7) is 8.17. The summed E-state index contributed by atoms with van der Waals surface area (Å²) < 4.78 is 0. The van der Waals surface area contributed by atoms with Crippen LogP contribution in [0.2, 0.25) is 0 Å². The molecule has 1 N–H and O–H groups in total. The number of benzene rings is 1. The van der Waals surface area contributed by atoms with Gasteiger partial charge < -0.3 is 10.2 Å². The molecule has 0 bridgehead atoms. The molecule has 1 atom stereocenters. The van der Waals surface area contributed by atoms with Gasteiger partial charge in [0, 0.05) is 12.6 Å². The van der Waals surface area contributed by atoms with Crippen molar-refractivity contribution in [3.8, 4) is 0 Å². The second-order valence-electron chi connectivity index (χ2n) is 4.03. The van der Waals surface area contributed by atoms with Gasteiger partial charge in [0.2, 0.25) is 5.91 Å². The molecule has 2 rings (SSSR count). The summed E-state index contributed by atoms with van der Waals surface area (Å²) in [5.74, 6) is -0.0981. The Labute approximate surface area is 107 Å². The first-order valence-corrected chi connectivity index (χ1v) is 5.84. The van der Waals surface area contributed by atoms with Gasteiger partial charge in [-0.05, 0) is 11.6 Å². The second kappa shape index (κ2) is 5.36. The molecule has 1 amide bonds. The average Bonchev–Trinajstić information content (AvgIpc) is 2.41. The summed E-state index contributed by atoms with van der Waals surface area (Å²) in [5.41, 5.74) is 1.91. The van der Waals surface area contributed by atoms with Crippen LogP contribution in [0.4, 0.5) is 0 Å². The molecular formula is C15H16N2O. The van der Waals surface area contributed by atoms with Crippen molar-refractivity contribution >= 4 is 11.6 Å². The van der Waals surface area contributed by atoms with E-state index < -0.39 is 0 Å². The van der Waals surface area contributed by atoms with E-state index in [0.29, 0.717) is 6.54 Å². The fourth-order valence-corrected chi connectivity index (χ4v) is 2.02. The van der Waals surface area contributed by atoms with Crippen LogP contribution in [-0.2, 0) is 4.79 Å². The third-order valence-electron chi connectivity index (χ3n) is 2.82. The maximum absolute atomic E-state index is 11.7. The maximum Gasteiger partial charge on any atom is 0.247 e. The summed E-state index contributed by atoms with van der Waals surface area (Å²) in [4.78, 5) is 13.7. The van der Waals surface area contributed by atoms with Crippen molar-refractivity contribution in [3.05, 3.63) is 67.3 Å². The van der Waals surface area contributed by atoms with Crippen LogP contribution in [0, 0.1) is 0 Å². The second-order valence-corrected chi connectivity index (χ2v) is 4.03. The van der Waals surface area contributed by atoms with Gasteiger partial charge in [-0.1, -0.05) is 43.0 Å². The lowest BCUT2D eigenvalue weighted by atomic mass is 10.1. The van der Waals surface area contributed by atoms with Crippen LogP contribution in [0.5, 0.6) is 0 Å². The van der Waals surface area contributed by atoms with E-state index in [4.69, 9.17) is 0 Å². The van der Waals surface area contributed by atoms with Gasteiger partial charge in [-0.2, -0.15) is 0 Å². The monoisotopic (exact) mass is 240 g/mol. The first-order valence-electron chi connectivity index (χ1n) is 5.84. The quantitative estimate of drug-likeness (QED) is 0.818. The van der Waals surface area contributed by atoms with Gasteiger partial charge in [0.05, 0.1) is 5.70 Å². The molecule has 0 aromatic heterocycles. The first kappa shape index (κ1) is 12.2. The Morgan fingerprint density at radius 3 is 2.61 bits per heavy atom. The van der Waals surface area contributed by atoms with E-state index in [1.807, 2.05) is 36.4 Å². The molecule has 1 aromatic rings. The Balaban J connectivity index is 2.43. The van der Waals surface area contributed by atoms with E-state index in [1.165, 1.54) is 0 Å². The lowest BCUT2D eigenvalue weighted by molar-refractivity contribution is -0.118. The normalized spacial score (nSPS) is 18.9. The van der Waals surface area contributed by atoms with Crippen molar-refractivity contribution in [3.63, 3.8) is 0 Å². The van der Waals surface area contributed by atoms with E-state index in [2.05, 4.69) is 23.4 Å². The van der Waals surface area contributed by atoms with E-state index in [-0.39, 0.29) is 12.1 Å². The van der Waals surface area contributed by atoms with Crippen LogP contribution in [0.15, 0.2) is 61.7 Å². The molecule has 0 spiro atoms. The predicted molar refractivity (Wildman–Crippen MR) is 73.4 cm³/mol. The smallest absolute Gasteiger partial charge is 0.247 e. The maximum atomic E-state index is 11.7. The standard InChI is InChI=1S/C15H16N2O/c1-3-10-17-13(12-8-6-5-7-9-12)11-15(18)16-14(17)4-2/h3-9,11,14H,1-2,10H2,(H,16,18). The molecule has 3 nitrogen and oxygen atoms in total. The molecule has 1 heterocycles. The molecule has 0 saturated carbocycles. The van der Waals surface area contributed by atoms with E-state index in [0.717, 1.165) is 11.3 Å². The molecule has 1 unspecified atom stereocenters. The van der Waals surface area contributed by atoms with Crippen molar-refractivity contribution in [2.24, 2.45) is 0 Å². The molecule has 1 aliphatic heterocycles. The first-order chi connectivity index (χ1) is 8.76. The number of carbonyl (C=O) groups excluding carboxylic acids is 1. The summed E-state index contributed by atoms with van der Waals surface area (Å²) in [7, 11) is 0. The molecule has 1 aliphatic rings. The van der Waals surface area contributed by atoms with Crippen molar-refractivity contribution in [2.75, 3.05) is 6.54 Å². The number of rotatable bonds is 4. The largest absolute Gasteiger partial charge is 0.344 e. The van der Waals surface area contributed by atoms with Crippen LogP contribution in [0.1, 0.15) is 5.56 Å². The Morgan fingerprint density at radius 2 is 2.00 bits per heavy atom. The summed E-state index contributed by atoms with van der Waals surface area (Å²) in [5, 5.41) is 2.85. The molecule has 1 aromatic carbocycles. The highest BCUT2D eigenvalue weighted by Gasteiger charge is 2.24. The van der Waals surface area contributed by atoms with Gasteiger partial charge in [0.1, 0.15) is 6.17 Å². The Morgan fingerprint density at radius 1 is 1.28 bits per heavy atom. The highest BCUT2D eigenvalue weighted by molar-refractivity contribution is 5.96. The predicted octanol–water partition coefficient (Wildman–Crippen LogP) is 2.16. The zero-order valence-corrected chi connectivity index (χ0v) is 10.2. The molecule has 18 heavy (non-hydrogen) atoms. The Kier molecular flexibility index (Phi) is 3.63. The lowest BCUT2D eigenvalue weighted by Crippen LogP contribution is -2.49. The molecule has 92 valence electrons. The third kappa shape index (κ3) is 2.35.